The van der Waals surface area contributed by atoms with Crippen molar-refractivity contribution in [2.24, 2.45) is 0 Å². The topological polar surface area (TPSA) is 35.6 Å². The van der Waals surface area contributed by atoms with E-state index in [1.165, 1.54) is 43.7 Å². The second-order valence-electron chi connectivity index (χ2n) is 14.2. The van der Waals surface area contributed by atoms with Crippen LogP contribution in [0.3, 0.4) is 0 Å². The molecule has 0 N–H and O–H groups in total. The molecule has 0 radical (unpaired) electrons. The second kappa shape index (κ2) is 13.1. The molecule has 0 aliphatic rings. The normalized spacial score (nSPS) is 11.6. The van der Waals surface area contributed by atoms with Crippen LogP contribution in [0.5, 0.6) is 0 Å². The standard InChI is InChI=1S/C52H34N4/c1-4-15-35(16-5-1)36-27-29-38(30-28-36)52-53-45(37-17-6-2-7-18-37)34-46(54-52)39-19-14-22-41(33-39)56-47-25-12-10-23-42(47)43-31-32-49-50(51(43)56)44-24-11-13-26-48(44)55(49)40-20-8-3-9-21-40/h1-34H. The van der Waals surface area contributed by atoms with E-state index in [9.17, 15) is 0 Å². The summed E-state index contributed by atoms with van der Waals surface area (Å²) in [6, 6.07) is 73.1. The third-order valence-corrected chi connectivity index (χ3v) is 10.9. The van der Waals surface area contributed by atoms with Crippen LogP contribution in [0.25, 0.3) is 100 Å². The first-order chi connectivity index (χ1) is 27.8. The highest BCUT2D eigenvalue weighted by Crippen LogP contribution is 2.42. The van der Waals surface area contributed by atoms with E-state index in [1.54, 1.807) is 0 Å². The van der Waals surface area contributed by atoms with E-state index in [0.717, 1.165) is 50.5 Å². The van der Waals surface area contributed by atoms with Crippen LogP contribution in [-0.4, -0.2) is 19.1 Å². The number of rotatable bonds is 6. The molecule has 0 fully saturated rings. The summed E-state index contributed by atoms with van der Waals surface area (Å²) < 4.78 is 4.84. The van der Waals surface area contributed by atoms with E-state index in [2.05, 4.69) is 203 Å². The molecular weight excluding hydrogens is 681 g/mol. The van der Waals surface area contributed by atoms with Gasteiger partial charge in [-0.2, -0.15) is 0 Å². The quantitative estimate of drug-likeness (QED) is 0.172. The predicted molar refractivity (Wildman–Crippen MR) is 232 cm³/mol. The molecule has 11 aromatic rings. The van der Waals surface area contributed by atoms with Gasteiger partial charge < -0.3 is 9.13 Å². The predicted octanol–water partition coefficient (Wildman–Crippen LogP) is 13.3. The summed E-state index contributed by atoms with van der Waals surface area (Å²) in [7, 11) is 0. The second-order valence-corrected chi connectivity index (χ2v) is 14.2. The molecular formula is C52H34N4. The lowest BCUT2D eigenvalue weighted by molar-refractivity contribution is 1.16. The fourth-order valence-electron chi connectivity index (χ4n) is 8.36. The molecule has 262 valence electrons. The molecule has 3 aromatic heterocycles. The molecule has 0 amide bonds. The summed E-state index contributed by atoms with van der Waals surface area (Å²) in [4.78, 5) is 10.4. The average molecular weight is 715 g/mol. The lowest BCUT2D eigenvalue weighted by Gasteiger charge is -2.13. The maximum Gasteiger partial charge on any atom is 0.160 e. The Morgan fingerprint density at radius 3 is 1.57 bits per heavy atom. The van der Waals surface area contributed by atoms with Gasteiger partial charge in [-0.15, -0.1) is 0 Å². The largest absolute Gasteiger partial charge is 0.309 e. The average Bonchev–Trinajstić information content (AvgIpc) is 3.80. The maximum absolute atomic E-state index is 5.25. The number of hydrogen-bond acceptors (Lipinski definition) is 2. The van der Waals surface area contributed by atoms with Crippen molar-refractivity contribution >= 4 is 43.6 Å². The van der Waals surface area contributed by atoms with Crippen LogP contribution in [0.2, 0.25) is 0 Å². The molecule has 4 nitrogen and oxygen atoms in total. The van der Waals surface area contributed by atoms with E-state index in [-0.39, 0.29) is 0 Å². The van der Waals surface area contributed by atoms with Gasteiger partial charge in [-0.1, -0.05) is 158 Å². The van der Waals surface area contributed by atoms with Crippen molar-refractivity contribution in [3.8, 4) is 56.4 Å². The highest BCUT2D eigenvalue weighted by molar-refractivity contribution is 6.26. The van der Waals surface area contributed by atoms with Crippen molar-refractivity contribution in [3.05, 3.63) is 206 Å². The number of hydrogen-bond donors (Lipinski definition) is 0. The van der Waals surface area contributed by atoms with Gasteiger partial charge in [0.05, 0.1) is 33.5 Å². The van der Waals surface area contributed by atoms with E-state index in [0.29, 0.717) is 5.82 Å². The zero-order valence-corrected chi connectivity index (χ0v) is 30.4. The number of aromatic nitrogens is 4. The number of nitrogens with zero attached hydrogens (tertiary/aromatic N) is 4. The Labute approximate surface area is 324 Å². The van der Waals surface area contributed by atoms with Crippen LogP contribution in [-0.2, 0) is 0 Å². The Kier molecular flexibility index (Phi) is 7.46. The summed E-state index contributed by atoms with van der Waals surface area (Å²) in [6.07, 6.45) is 0. The Morgan fingerprint density at radius 1 is 0.304 bits per heavy atom. The number of para-hydroxylation sites is 3. The van der Waals surface area contributed by atoms with Gasteiger partial charge >= 0.3 is 0 Å². The first kappa shape index (κ1) is 31.9. The molecule has 0 unspecified atom stereocenters. The van der Waals surface area contributed by atoms with Crippen LogP contribution >= 0.6 is 0 Å². The summed E-state index contributed by atoms with van der Waals surface area (Å²) >= 11 is 0. The molecule has 0 aliphatic heterocycles. The monoisotopic (exact) mass is 714 g/mol. The first-order valence-corrected chi connectivity index (χ1v) is 19.0. The fourth-order valence-corrected chi connectivity index (χ4v) is 8.36. The number of fused-ring (bicyclic) bond motifs is 7. The van der Waals surface area contributed by atoms with Gasteiger partial charge in [-0.25, -0.2) is 9.97 Å². The zero-order chi connectivity index (χ0) is 37.0. The smallest absolute Gasteiger partial charge is 0.160 e. The number of benzene rings is 8. The Morgan fingerprint density at radius 2 is 0.839 bits per heavy atom. The van der Waals surface area contributed by atoms with E-state index in [1.807, 2.05) is 12.1 Å². The van der Waals surface area contributed by atoms with Crippen molar-refractivity contribution in [2.75, 3.05) is 0 Å². The highest BCUT2D eigenvalue weighted by Gasteiger charge is 2.21. The van der Waals surface area contributed by atoms with Gasteiger partial charge in [0.25, 0.3) is 0 Å². The molecule has 0 atom stereocenters. The van der Waals surface area contributed by atoms with Crippen LogP contribution in [0, 0.1) is 0 Å². The van der Waals surface area contributed by atoms with Gasteiger partial charge in [0, 0.05) is 49.6 Å². The zero-order valence-electron chi connectivity index (χ0n) is 30.4. The molecule has 56 heavy (non-hydrogen) atoms. The van der Waals surface area contributed by atoms with Crippen molar-refractivity contribution in [2.45, 2.75) is 0 Å². The summed E-state index contributed by atoms with van der Waals surface area (Å²) in [5.41, 5.74) is 14.1. The van der Waals surface area contributed by atoms with Gasteiger partial charge in [-0.3, -0.25) is 0 Å². The lowest BCUT2D eigenvalue weighted by Crippen LogP contribution is -1.98. The molecule has 0 spiro atoms. The Hall–Kier alpha value is -7.56. The minimum absolute atomic E-state index is 0.693. The Bertz CT molecular complexity index is 3220. The van der Waals surface area contributed by atoms with Gasteiger partial charge in [0.15, 0.2) is 5.82 Å². The third-order valence-electron chi connectivity index (χ3n) is 10.9. The van der Waals surface area contributed by atoms with E-state index < -0.39 is 0 Å². The first-order valence-electron chi connectivity index (χ1n) is 19.0. The molecule has 0 bridgehead atoms. The van der Waals surface area contributed by atoms with Crippen molar-refractivity contribution in [1.82, 2.24) is 19.1 Å². The maximum atomic E-state index is 5.25. The molecule has 3 heterocycles. The van der Waals surface area contributed by atoms with Crippen molar-refractivity contribution in [1.29, 1.82) is 0 Å². The molecule has 4 heteroatoms. The molecule has 11 rings (SSSR count). The van der Waals surface area contributed by atoms with Crippen LogP contribution in [0.15, 0.2) is 206 Å². The summed E-state index contributed by atoms with van der Waals surface area (Å²) in [6.45, 7) is 0. The van der Waals surface area contributed by atoms with Crippen molar-refractivity contribution < 1.29 is 0 Å². The highest BCUT2D eigenvalue weighted by atomic mass is 15.0. The summed E-state index contributed by atoms with van der Waals surface area (Å²) in [5, 5.41) is 4.91. The van der Waals surface area contributed by atoms with Crippen molar-refractivity contribution in [3.63, 3.8) is 0 Å². The molecule has 0 saturated carbocycles. The fraction of sp³-hybridized carbons (Fsp3) is 0. The van der Waals surface area contributed by atoms with Gasteiger partial charge in [-0.05, 0) is 59.7 Å². The van der Waals surface area contributed by atoms with E-state index in [4.69, 9.17) is 9.97 Å². The van der Waals surface area contributed by atoms with E-state index >= 15 is 0 Å². The van der Waals surface area contributed by atoms with Gasteiger partial charge in [0.1, 0.15) is 0 Å². The molecule has 8 aromatic carbocycles. The van der Waals surface area contributed by atoms with Crippen LogP contribution < -0.4 is 0 Å². The SMILES string of the molecule is c1ccc(-c2ccc(-c3nc(-c4ccccc4)cc(-c4cccc(-n5c6ccccc6c6ccc7c(c8ccccc8n7-c7ccccc7)c65)c4)n3)cc2)cc1. The van der Waals surface area contributed by atoms with Gasteiger partial charge in [0.2, 0.25) is 0 Å². The lowest BCUT2D eigenvalue weighted by atomic mass is 10.0. The molecule has 0 aliphatic carbocycles. The van der Waals surface area contributed by atoms with Crippen LogP contribution in [0.4, 0.5) is 0 Å². The minimum Gasteiger partial charge on any atom is -0.309 e. The van der Waals surface area contributed by atoms with Crippen LogP contribution in [0.1, 0.15) is 0 Å². The third kappa shape index (κ3) is 5.23. The Balaban J connectivity index is 1.13. The molecule has 0 saturated heterocycles. The summed E-state index contributed by atoms with van der Waals surface area (Å²) in [5.74, 6) is 0.693. The minimum atomic E-state index is 0.693.